The first-order valence-corrected chi connectivity index (χ1v) is 5.81. The number of carbonyl (C=O) groups excluding carboxylic acids is 1. The third-order valence-electron chi connectivity index (χ3n) is 2.95. The van der Waals surface area contributed by atoms with Crippen LogP contribution in [0, 0.1) is 0 Å². The molecule has 1 atom stereocenters. The summed E-state index contributed by atoms with van der Waals surface area (Å²) in [5.74, 6) is 0.0587. The molecular weight excluding hydrogens is 261 g/mol. The zero-order valence-corrected chi connectivity index (χ0v) is 11.5. The van der Waals surface area contributed by atoms with Crippen LogP contribution in [0.5, 0.6) is 0 Å². The Morgan fingerprint density at radius 2 is 2.29 bits per heavy atom. The van der Waals surface area contributed by atoms with Gasteiger partial charge in [0.1, 0.15) is 5.69 Å². The number of hydrogen-bond donors (Lipinski definition) is 1. The van der Waals surface area contributed by atoms with Gasteiger partial charge in [0.25, 0.3) is 5.91 Å². The topological polar surface area (TPSA) is 37.3 Å². The fourth-order valence-electron chi connectivity index (χ4n) is 2.03. The van der Waals surface area contributed by atoms with Gasteiger partial charge in [-0.3, -0.25) is 4.79 Å². The normalized spacial score (nSPS) is 19.9. The van der Waals surface area contributed by atoms with Crippen molar-refractivity contribution in [3.8, 4) is 0 Å². The summed E-state index contributed by atoms with van der Waals surface area (Å²) in [6.07, 6.45) is 1.75. The smallest absolute Gasteiger partial charge is 0.270 e. The largest absolute Gasteiger partial charge is 0.345 e. The zero-order chi connectivity index (χ0) is 11.7. The van der Waals surface area contributed by atoms with Crippen LogP contribution in [0.3, 0.4) is 0 Å². The van der Waals surface area contributed by atoms with Crippen molar-refractivity contribution in [2.24, 2.45) is 7.05 Å². The standard InChI is InChI=1S/C11H16ClN3O.ClH/c1-8-6-13-3-4-15(8)11(16)10-5-9(12)7-14(10)2;/h5,7-8,13H,3-4,6H2,1-2H3;1H. The fourth-order valence-corrected chi connectivity index (χ4v) is 2.28. The number of hydrogen-bond acceptors (Lipinski definition) is 2. The van der Waals surface area contributed by atoms with Gasteiger partial charge in [-0.25, -0.2) is 0 Å². The van der Waals surface area contributed by atoms with Crippen LogP contribution in [0.2, 0.25) is 5.02 Å². The SMILES string of the molecule is CC1CNCCN1C(=O)c1cc(Cl)cn1C.Cl. The lowest BCUT2D eigenvalue weighted by molar-refractivity contribution is 0.0646. The molecule has 1 aromatic heterocycles. The molecule has 1 saturated heterocycles. The van der Waals surface area contributed by atoms with Crippen molar-refractivity contribution in [1.29, 1.82) is 0 Å². The molecule has 0 radical (unpaired) electrons. The van der Waals surface area contributed by atoms with Crippen molar-refractivity contribution in [3.63, 3.8) is 0 Å². The molecule has 17 heavy (non-hydrogen) atoms. The summed E-state index contributed by atoms with van der Waals surface area (Å²) in [6.45, 7) is 4.51. The van der Waals surface area contributed by atoms with Gasteiger partial charge >= 0.3 is 0 Å². The van der Waals surface area contributed by atoms with E-state index in [9.17, 15) is 4.79 Å². The number of nitrogens with one attached hydrogen (secondary N) is 1. The summed E-state index contributed by atoms with van der Waals surface area (Å²) < 4.78 is 1.78. The predicted molar refractivity (Wildman–Crippen MR) is 71.0 cm³/mol. The van der Waals surface area contributed by atoms with E-state index < -0.39 is 0 Å². The van der Waals surface area contributed by atoms with Gasteiger partial charge < -0.3 is 14.8 Å². The molecule has 1 aromatic rings. The molecule has 96 valence electrons. The number of nitrogens with zero attached hydrogens (tertiary/aromatic N) is 2. The molecule has 1 amide bonds. The van der Waals surface area contributed by atoms with E-state index in [2.05, 4.69) is 12.2 Å². The maximum Gasteiger partial charge on any atom is 0.270 e. The van der Waals surface area contributed by atoms with Gasteiger partial charge in [-0.2, -0.15) is 0 Å². The first kappa shape index (κ1) is 14.4. The van der Waals surface area contributed by atoms with E-state index in [1.54, 1.807) is 16.8 Å². The summed E-state index contributed by atoms with van der Waals surface area (Å²) in [7, 11) is 1.84. The summed E-state index contributed by atoms with van der Waals surface area (Å²) in [5, 5.41) is 3.87. The molecule has 0 bridgehead atoms. The van der Waals surface area contributed by atoms with Crippen LogP contribution >= 0.6 is 24.0 Å². The van der Waals surface area contributed by atoms with Gasteiger partial charge in [-0.15, -0.1) is 12.4 Å². The Hall–Kier alpha value is -0.710. The third kappa shape index (κ3) is 2.94. The van der Waals surface area contributed by atoms with Crippen LogP contribution in [0.15, 0.2) is 12.3 Å². The van der Waals surface area contributed by atoms with Crippen LogP contribution < -0.4 is 5.32 Å². The van der Waals surface area contributed by atoms with E-state index in [0.29, 0.717) is 10.7 Å². The average Bonchev–Trinajstić information content (AvgIpc) is 2.58. The second kappa shape index (κ2) is 5.76. The van der Waals surface area contributed by atoms with Crippen molar-refractivity contribution in [3.05, 3.63) is 23.0 Å². The molecule has 1 unspecified atom stereocenters. The Morgan fingerprint density at radius 1 is 1.59 bits per heavy atom. The van der Waals surface area contributed by atoms with Gasteiger partial charge in [0.15, 0.2) is 0 Å². The Morgan fingerprint density at radius 3 is 2.82 bits per heavy atom. The first-order chi connectivity index (χ1) is 7.59. The number of amides is 1. The van der Waals surface area contributed by atoms with Gasteiger partial charge in [0, 0.05) is 38.9 Å². The zero-order valence-electron chi connectivity index (χ0n) is 9.94. The Labute approximate surface area is 112 Å². The van der Waals surface area contributed by atoms with Crippen molar-refractivity contribution < 1.29 is 4.79 Å². The number of rotatable bonds is 1. The van der Waals surface area contributed by atoms with E-state index in [1.165, 1.54) is 0 Å². The van der Waals surface area contributed by atoms with E-state index in [0.717, 1.165) is 19.6 Å². The maximum atomic E-state index is 12.3. The number of aromatic nitrogens is 1. The number of carbonyl (C=O) groups is 1. The lowest BCUT2D eigenvalue weighted by Crippen LogP contribution is -2.52. The molecule has 2 rings (SSSR count). The van der Waals surface area contributed by atoms with Crippen molar-refractivity contribution in [1.82, 2.24) is 14.8 Å². The summed E-state index contributed by atoms with van der Waals surface area (Å²) in [6, 6.07) is 1.95. The molecule has 2 heterocycles. The fraction of sp³-hybridized carbons (Fsp3) is 0.545. The minimum Gasteiger partial charge on any atom is -0.345 e. The quantitative estimate of drug-likeness (QED) is 0.846. The van der Waals surface area contributed by atoms with Crippen molar-refractivity contribution >= 4 is 29.9 Å². The molecular formula is C11H17Cl2N3O. The molecule has 1 aliphatic heterocycles. The second-order valence-electron chi connectivity index (χ2n) is 4.21. The number of halogens is 2. The van der Waals surface area contributed by atoms with E-state index >= 15 is 0 Å². The highest BCUT2D eigenvalue weighted by Gasteiger charge is 2.25. The van der Waals surface area contributed by atoms with E-state index in [-0.39, 0.29) is 24.4 Å². The number of aryl methyl sites for hydroxylation is 1. The van der Waals surface area contributed by atoms with Gasteiger partial charge in [0.2, 0.25) is 0 Å². The summed E-state index contributed by atoms with van der Waals surface area (Å²) >= 11 is 5.88. The molecule has 0 aromatic carbocycles. The van der Waals surface area contributed by atoms with Crippen LogP contribution in [0.4, 0.5) is 0 Å². The van der Waals surface area contributed by atoms with Crippen molar-refractivity contribution in [2.45, 2.75) is 13.0 Å². The first-order valence-electron chi connectivity index (χ1n) is 5.43. The monoisotopic (exact) mass is 277 g/mol. The third-order valence-corrected chi connectivity index (χ3v) is 3.16. The Bertz CT molecular complexity index is 405. The van der Waals surface area contributed by atoms with Crippen LogP contribution in [0.1, 0.15) is 17.4 Å². The van der Waals surface area contributed by atoms with Crippen LogP contribution in [0.25, 0.3) is 0 Å². The van der Waals surface area contributed by atoms with Crippen LogP contribution in [-0.2, 0) is 7.05 Å². The summed E-state index contributed by atoms with van der Waals surface area (Å²) in [4.78, 5) is 14.2. The minimum atomic E-state index is 0. The van der Waals surface area contributed by atoms with Gasteiger partial charge in [-0.1, -0.05) is 11.6 Å². The Balaban J connectivity index is 0.00000144. The highest BCUT2D eigenvalue weighted by Crippen LogP contribution is 2.16. The molecule has 0 saturated carbocycles. The highest BCUT2D eigenvalue weighted by molar-refractivity contribution is 6.31. The lowest BCUT2D eigenvalue weighted by Gasteiger charge is -2.34. The predicted octanol–water partition coefficient (Wildman–Crippen LogP) is 1.53. The second-order valence-corrected chi connectivity index (χ2v) is 4.64. The average molecular weight is 278 g/mol. The molecule has 6 heteroatoms. The van der Waals surface area contributed by atoms with E-state index in [1.807, 2.05) is 11.9 Å². The highest BCUT2D eigenvalue weighted by atomic mass is 35.5. The molecule has 1 N–H and O–H groups in total. The van der Waals surface area contributed by atoms with Gasteiger partial charge in [0.05, 0.1) is 5.02 Å². The Kier molecular flexibility index (Phi) is 4.86. The maximum absolute atomic E-state index is 12.3. The summed E-state index contributed by atoms with van der Waals surface area (Å²) in [5.41, 5.74) is 0.652. The van der Waals surface area contributed by atoms with Crippen molar-refractivity contribution in [2.75, 3.05) is 19.6 Å². The molecule has 0 aliphatic carbocycles. The molecule has 1 aliphatic rings. The molecule has 1 fully saturated rings. The van der Waals surface area contributed by atoms with E-state index in [4.69, 9.17) is 11.6 Å². The number of piperazine rings is 1. The molecule has 0 spiro atoms. The minimum absolute atomic E-state index is 0. The van der Waals surface area contributed by atoms with Gasteiger partial charge in [-0.05, 0) is 13.0 Å². The molecule has 4 nitrogen and oxygen atoms in total. The van der Waals surface area contributed by atoms with Crippen LogP contribution in [-0.4, -0.2) is 41.1 Å². The lowest BCUT2D eigenvalue weighted by atomic mass is 10.2.